The van der Waals surface area contributed by atoms with Crippen LogP contribution in [0.15, 0.2) is 48.5 Å². The zero-order chi connectivity index (χ0) is 17.2. The number of methoxy groups -OCH3 is 1. The van der Waals surface area contributed by atoms with Gasteiger partial charge in [0.15, 0.2) is 0 Å². The van der Waals surface area contributed by atoms with E-state index in [-0.39, 0.29) is 5.91 Å². The lowest BCUT2D eigenvalue weighted by molar-refractivity contribution is -0.120. The maximum absolute atomic E-state index is 11.8. The van der Waals surface area contributed by atoms with Crippen LogP contribution in [-0.2, 0) is 17.6 Å². The molecule has 0 saturated heterocycles. The van der Waals surface area contributed by atoms with Gasteiger partial charge in [0.1, 0.15) is 5.75 Å². The van der Waals surface area contributed by atoms with Crippen LogP contribution in [0.1, 0.15) is 11.1 Å². The number of carbonyl (C=O) groups is 1. The molecule has 0 radical (unpaired) electrons. The van der Waals surface area contributed by atoms with E-state index in [0.29, 0.717) is 13.1 Å². The second-order valence-corrected chi connectivity index (χ2v) is 5.90. The van der Waals surface area contributed by atoms with Crippen molar-refractivity contribution in [1.82, 2.24) is 10.6 Å². The summed E-state index contributed by atoms with van der Waals surface area (Å²) in [5.41, 5.74) is 2.29. The van der Waals surface area contributed by atoms with Crippen LogP contribution in [0.2, 0.25) is 5.02 Å². The lowest BCUT2D eigenvalue weighted by Gasteiger charge is -2.09. The van der Waals surface area contributed by atoms with Gasteiger partial charge < -0.3 is 15.4 Å². The molecule has 0 saturated carbocycles. The highest BCUT2D eigenvalue weighted by molar-refractivity contribution is 6.30. The zero-order valence-corrected chi connectivity index (χ0v) is 14.6. The molecule has 4 nitrogen and oxygen atoms in total. The van der Waals surface area contributed by atoms with Crippen LogP contribution in [0.4, 0.5) is 0 Å². The number of amides is 1. The third-order valence-electron chi connectivity index (χ3n) is 3.70. The molecule has 0 aliphatic rings. The van der Waals surface area contributed by atoms with Crippen LogP contribution in [-0.4, -0.2) is 32.7 Å². The molecule has 0 bridgehead atoms. The number of carbonyl (C=O) groups excluding carboxylic acids is 1. The molecule has 0 aliphatic heterocycles. The summed E-state index contributed by atoms with van der Waals surface area (Å²) in [7, 11) is 1.65. The van der Waals surface area contributed by atoms with Crippen molar-refractivity contribution in [2.75, 3.05) is 26.7 Å². The van der Waals surface area contributed by atoms with Gasteiger partial charge in [-0.15, -0.1) is 0 Å². The number of ether oxygens (including phenoxy) is 1. The Hall–Kier alpha value is -2.04. The van der Waals surface area contributed by atoms with Crippen molar-refractivity contribution in [1.29, 1.82) is 0 Å². The Balaban J connectivity index is 1.60. The molecule has 0 atom stereocenters. The summed E-state index contributed by atoms with van der Waals surface area (Å²) in [4.78, 5) is 11.8. The maximum Gasteiger partial charge on any atom is 0.233 e. The number of rotatable bonds is 9. The first-order valence-corrected chi connectivity index (χ1v) is 8.40. The Labute approximate surface area is 148 Å². The van der Waals surface area contributed by atoms with E-state index in [9.17, 15) is 4.79 Å². The van der Waals surface area contributed by atoms with Gasteiger partial charge in [0.2, 0.25) is 5.91 Å². The minimum absolute atomic E-state index is 0.000930. The average Bonchev–Trinajstić information content (AvgIpc) is 2.60. The number of benzene rings is 2. The van der Waals surface area contributed by atoms with E-state index in [2.05, 4.69) is 10.6 Å². The fraction of sp³-hybridized carbons (Fsp3) is 0.316. The minimum Gasteiger partial charge on any atom is -0.496 e. The van der Waals surface area contributed by atoms with Gasteiger partial charge in [0.25, 0.3) is 0 Å². The lowest BCUT2D eigenvalue weighted by atomic mass is 10.1. The van der Waals surface area contributed by atoms with Gasteiger partial charge in [0, 0.05) is 11.6 Å². The molecule has 2 N–H and O–H groups in total. The summed E-state index contributed by atoms with van der Waals surface area (Å²) in [6, 6.07) is 15.6. The van der Waals surface area contributed by atoms with Crippen molar-refractivity contribution in [3.05, 3.63) is 64.7 Å². The number of nitrogens with one attached hydrogen (secondary N) is 2. The molecule has 0 fully saturated rings. The van der Waals surface area contributed by atoms with E-state index in [1.165, 1.54) is 5.56 Å². The van der Waals surface area contributed by atoms with E-state index in [0.717, 1.165) is 35.7 Å². The summed E-state index contributed by atoms with van der Waals surface area (Å²) in [5.74, 6) is 0.855. The standard InChI is InChI=1S/C19H23ClN2O2/c1-24-18-5-3-2-4-16(18)11-13-22-19(23)14-21-12-10-15-6-8-17(20)9-7-15/h2-9,21H,10-14H2,1H3,(H,22,23). The topological polar surface area (TPSA) is 50.4 Å². The third kappa shape index (κ3) is 6.22. The molecule has 2 rings (SSSR count). The molecular formula is C19H23ClN2O2. The van der Waals surface area contributed by atoms with Crippen molar-refractivity contribution >= 4 is 17.5 Å². The Morgan fingerprint density at radius 2 is 1.79 bits per heavy atom. The molecule has 2 aromatic carbocycles. The summed E-state index contributed by atoms with van der Waals surface area (Å²) in [6.45, 7) is 1.67. The second-order valence-electron chi connectivity index (χ2n) is 5.47. The SMILES string of the molecule is COc1ccccc1CCNC(=O)CNCCc1ccc(Cl)cc1. The van der Waals surface area contributed by atoms with Crippen LogP contribution in [0.3, 0.4) is 0 Å². The van der Waals surface area contributed by atoms with E-state index >= 15 is 0 Å². The number of halogens is 1. The normalized spacial score (nSPS) is 10.4. The van der Waals surface area contributed by atoms with Crippen LogP contribution in [0.5, 0.6) is 5.75 Å². The molecular weight excluding hydrogens is 324 g/mol. The third-order valence-corrected chi connectivity index (χ3v) is 3.95. The van der Waals surface area contributed by atoms with E-state index in [4.69, 9.17) is 16.3 Å². The van der Waals surface area contributed by atoms with Gasteiger partial charge in [-0.2, -0.15) is 0 Å². The first-order chi connectivity index (χ1) is 11.7. The molecule has 0 unspecified atom stereocenters. The quantitative estimate of drug-likeness (QED) is 0.686. The van der Waals surface area contributed by atoms with Gasteiger partial charge in [-0.1, -0.05) is 41.9 Å². The number of para-hydroxylation sites is 1. The number of hydrogen-bond donors (Lipinski definition) is 2. The molecule has 0 aromatic heterocycles. The van der Waals surface area contributed by atoms with Crippen LogP contribution < -0.4 is 15.4 Å². The van der Waals surface area contributed by atoms with Crippen molar-refractivity contribution < 1.29 is 9.53 Å². The maximum atomic E-state index is 11.8. The van der Waals surface area contributed by atoms with Crippen molar-refractivity contribution in [2.24, 2.45) is 0 Å². The van der Waals surface area contributed by atoms with Gasteiger partial charge in [-0.25, -0.2) is 0 Å². The van der Waals surface area contributed by atoms with Crippen LogP contribution in [0.25, 0.3) is 0 Å². The summed E-state index contributed by atoms with van der Waals surface area (Å²) >= 11 is 5.85. The smallest absolute Gasteiger partial charge is 0.233 e. The Kier molecular flexibility index (Phi) is 7.59. The fourth-order valence-corrected chi connectivity index (χ4v) is 2.52. The molecule has 0 aliphatic carbocycles. The molecule has 24 heavy (non-hydrogen) atoms. The summed E-state index contributed by atoms with van der Waals surface area (Å²) in [6.07, 6.45) is 1.62. The molecule has 2 aromatic rings. The molecule has 1 amide bonds. The fourth-order valence-electron chi connectivity index (χ4n) is 2.39. The lowest BCUT2D eigenvalue weighted by Crippen LogP contribution is -2.35. The zero-order valence-electron chi connectivity index (χ0n) is 13.8. The second kappa shape index (κ2) is 9.96. The summed E-state index contributed by atoms with van der Waals surface area (Å²) in [5, 5.41) is 6.80. The minimum atomic E-state index is 0.000930. The average molecular weight is 347 g/mol. The van der Waals surface area contributed by atoms with Gasteiger partial charge >= 0.3 is 0 Å². The highest BCUT2D eigenvalue weighted by Gasteiger charge is 2.04. The molecule has 5 heteroatoms. The first-order valence-electron chi connectivity index (χ1n) is 8.03. The van der Waals surface area contributed by atoms with E-state index in [1.807, 2.05) is 48.5 Å². The number of hydrogen-bond acceptors (Lipinski definition) is 3. The monoisotopic (exact) mass is 346 g/mol. The molecule has 0 spiro atoms. The highest BCUT2D eigenvalue weighted by atomic mass is 35.5. The van der Waals surface area contributed by atoms with Gasteiger partial charge in [-0.05, 0) is 48.7 Å². The van der Waals surface area contributed by atoms with Crippen molar-refractivity contribution in [2.45, 2.75) is 12.8 Å². The van der Waals surface area contributed by atoms with Gasteiger partial charge in [0.05, 0.1) is 13.7 Å². The van der Waals surface area contributed by atoms with E-state index in [1.54, 1.807) is 7.11 Å². The molecule has 128 valence electrons. The van der Waals surface area contributed by atoms with E-state index < -0.39 is 0 Å². The summed E-state index contributed by atoms with van der Waals surface area (Å²) < 4.78 is 5.30. The van der Waals surface area contributed by atoms with Crippen LogP contribution >= 0.6 is 11.6 Å². The van der Waals surface area contributed by atoms with Crippen molar-refractivity contribution in [3.8, 4) is 5.75 Å². The van der Waals surface area contributed by atoms with Gasteiger partial charge in [-0.3, -0.25) is 4.79 Å². The Morgan fingerprint density at radius 1 is 1.04 bits per heavy atom. The Bertz CT molecular complexity index is 644. The predicted molar refractivity (Wildman–Crippen MR) is 97.7 cm³/mol. The Morgan fingerprint density at radius 3 is 2.54 bits per heavy atom. The first kappa shape index (κ1) is 18.3. The van der Waals surface area contributed by atoms with Crippen LogP contribution in [0, 0.1) is 0 Å². The predicted octanol–water partition coefficient (Wildman–Crippen LogP) is 2.84. The molecule has 0 heterocycles. The van der Waals surface area contributed by atoms with Crippen molar-refractivity contribution in [3.63, 3.8) is 0 Å². The highest BCUT2D eigenvalue weighted by Crippen LogP contribution is 2.17. The largest absolute Gasteiger partial charge is 0.496 e.